The summed E-state index contributed by atoms with van der Waals surface area (Å²) in [6, 6.07) is 8.72. The van der Waals surface area contributed by atoms with Gasteiger partial charge in [0.2, 0.25) is 0 Å². The van der Waals surface area contributed by atoms with Gasteiger partial charge in [-0.05, 0) is 31.4 Å². The zero-order valence-corrected chi connectivity index (χ0v) is 11.8. The predicted octanol–water partition coefficient (Wildman–Crippen LogP) is 2.79. The number of rotatable bonds is 2. The highest BCUT2D eigenvalue weighted by Crippen LogP contribution is 2.40. The summed E-state index contributed by atoms with van der Waals surface area (Å²) in [5.74, 6) is 1.02. The first kappa shape index (κ1) is 12.8. The number of para-hydroxylation sites is 2. The van der Waals surface area contributed by atoms with E-state index in [9.17, 15) is 0 Å². The predicted molar refractivity (Wildman–Crippen MR) is 78.7 cm³/mol. The molecule has 104 valence electrons. The Balaban J connectivity index is 1.84. The second-order valence-electron chi connectivity index (χ2n) is 6.24. The molecule has 1 aromatic rings. The number of anilines is 1. The van der Waals surface area contributed by atoms with E-state index in [1.807, 2.05) is 6.07 Å². The van der Waals surface area contributed by atoms with Crippen LogP contribution in [-0.2, 0) is 0 Å². The van der Waals surface area contributed by atoms with Crippen molar-refractivity contribution >= 4 is 5.69 Å². The van der Waals surface area contributed by atoms with Crippen LogP contribution in [0.5, 0.6) is 5.75 Å². The van der Waals surface area contributed by atoms with Gasteiger partial charge in [-0.3, -0.25) is 0 Å². The zero-order valence-electron chi connectivity index (χ0n) is 11.8. The van der Waals surface area contributed by atoms with Crippen LogP contribution < -0.4 is 15.4 Å². The van der Waals surface area contributed by atoms with Crippen LogP contribution >= 0.6 is 0 Å². The van der Waals surface area contributed by atoms with Gasteiger partial charge in [0.15, 0.2) is 0 Å². The van der Waals surface area contributed by atoms with Crippen LogP contribution in [0.1, 0.15) is 32.6 Å². The number of hydrogen-bond donors (Lipinski definition) is 1. The topological polar surface area (TPSA) is 38.5 Å². The second-order valence-corrected chi connectivity index (χ2v) is 6.24. The third kappa shape index (κ3) is 2.44. The van der Waals surface area contributed by atoms with E-state index in [2.05, 4.69) is 30.0 Å². The Hall–Kier alpha value is -1.22. The van der Waals surface area contributed by atoms with E-state index in [4.69, 9.17) is 10.5 Å². The SMILES string of the molecule is CC1(CN2CCCOc3ccccc32)CCCC1N. The molecule has 3 nitrogen and oxygen atoms in total. The lowest BCUT2D eigenvalue weighted by Crippen LogP contribution is -2.44. The van der Waals surface area contributed by atoms with Crippen molar-refractivity contribution in [2.24, 2.45) is 11.1 Å². The number of ether oxygens (including phenoxy) is 1. The van der Waals surface area contributed by atoms with Gasteiger partial charge in [0.05, 0.1) is 12.3 Å². The first-order valence-electron chi connectivity index (χ1n) is 7.41. The fourth-order valence-corrected chi connectivity index (χ4v) is 3.45. The molecule has 2 atom stereocenters. The Morgan fingerprint density at radius 2 is 2.21 bits per heavy atom. The maximum Gasteiger partial charge on any atom is 0.142 e. The highest BCUT2D eigenvalue weighted by atomic mass is 16.5. The van der Waals surface area contributed by atoms with Gasteiger partial charge in [0, 0.05) is 24.5 Å². The van der Waals surface area contributed by atoms with Crippen molar-refractivity contribution in [1.82, 2.24) is 0 Å². The Labute approximate surface area is 115 Å². The molecular weight excluding hydrogens is 236 g/mol. The minimum Gasteiger partial charge on any atom is -0.491 e. The molecule has 0 spiro atoms. The van der Waals surface area contributed by atoms with Gasteiger partial charge >= 0.3 is 0 Å². The first-order chi connectivity index (χ1) is 9.19. The molecule has 3 heteroatoms. The molecule has 2 unspecified atom stereocenters. The summed E-state index contributed by atoms with van der Waals surface area (Å²) in [5, 5.41) is 0. The Bertz CT molecular complexity index is 448. The quantitative estimate of drug-likeness (QED) is 0.888. The van der Waals surface area contributed by atoms with E-state index in [-0.39, 0.29) is 5.41 Å². The third-order valence-electron chi connectivity index (χ3n) is 4.75. The number of benzene rings is 1. The van der Waals surface area contributed by atoms with E-state index < -0.39 is 0 Å². The molecule has 1 aliphatic heterocycles. The lowest BCUT2D eigenvalue weighted by Gasteiger charge is -2.36. The van der Waals surface area contributed by atoms with E-state index in [1.165, 1.54) is 24.9 Å². The summed E-state index contributed by atoms with van der Waals surface area (Å²) in [6.45, 7) is 5.28. The summed E-state index contributed by atoms with van der Waals surface area (Å²) in [4.78, 5) is 2.48. The summed E-state index contributed by atoms with van der Waals surface area (Å²) in [5.41, 5.74) is 7.82. The lowest BCUT2D eigenvalue weighted by molar-refractivity contribution is 0.295. The number of fused-ring (bicyclic) bond motifs is 1. The average Bonchev–Trinajstić information content (AvgIpc) is 2.63. The molecular formula is C16H24N2O. The molecule has 1 aliphatic carbocycles. The van der Waals surface area contributed by atoms with Crippen LogP contribution in [0.3, 0.4) is 0 Å². The second kappa shape index (κ2) is 5.04. The minimum absolute atomic E-state index is 0.247. The standard InChI is InChI=1S/C16H24N2O/c1-16(9-4-8-15(16)17)12-18-10-5-11-19-14-7-3-2-6-13(14)18/h2-3,6-7,15H,4-5,8-12,17H2,1H3. The van der Waals surface area contributed by atoms with E-state index >= 15 is 0 Å². The normalized spacial score (nSPS) is 30.6. The molecule has 1 heterocycles. The smallest absolute Gasteiger partial charge is 0.142 e. The Morgan fingerprint density at radius 1 is 1.37 bits per heavy atom. The van der Waals surface area contributed by atoms with E-state index in [1.54, 1.807) is 0 Å². The van der Waals surface area contributed by atoms with Crippen LogP contribution in [0.25, 0.3) is 0 Å². The molecule has 0 aromatic heterocycles. The molecule has 2 N–H and O–H groups in total. The molecule has 3 rings (SSSR count). The first-order valence-corrected chi connectivity index (χ1v) is 7.41. The van der Waals surface area contributed by atoms with Crippen molar-refractivity contribution in [3.8, 4) is 5.75 Å². The average molecular weight is 260 g/mol. The third-order valence-corrected chi connectivity index (χ3v) is 4.75. The number of nitrogens with two attached hydrogens (primary N) is 1. The van der Waals surface area contributed by atoms with Gasteiger partial charge in [0.1, 0.15) is 5.75 Å². The Kier molecular flexibility index (Phi) is 3.40. The summed E-state index contributed by atoms with van der Waals surface area (Å²) in [7, 11) is 0. The van der Waals surface area contributed by atoms with Crippen molar-refractivity contribution < 1.29 is 4.74 Å². The monoisotopic (exact) mass is 260 g/mol. The van der Waals surface area contributed by atoms with Gasteiger partial charge in [-0.25, -0.2) is 0 Å². The summed E-state index contributed by atoms with van der Waals surface area (Å²) in [6.07, 6.45) is 4.76. The lowest BCUT2D eigenvalue weighted by atomic mass is 9.84. The maximum absolute atomic E-state index is 6.33. The van der Waals surface area contributed by atoms with Gasteiger partial charge in [-0.1, -0.05) is 25.5 Å². The number of nitrogens with zero attached hydrogens (tertiary/aromatic N) is 1. The van der Waals surface area contributed by atoms with Crippen molar-refractivity contribution in [2.45, 2.75) is 38.6 Å². The van der Waals surface area contributed by atoms with Crippen LogP contribution in [0.15, 0.2) is 24.3 Å². The van der Waals surface area contributed by atoms with Crippen LogP contribution in [-0.4, -0.2) is 25.7 Å². The Morgan fingerprint density at radius 3 is 3.00 bits per heavy atom. The molecule has 19 heavy (non-hydrogen) atoms. The molecule has 1 saturated carbocycles. The van der Waals surface area contributed by atoms with Gasteiger partial charge in [-0.2, -0.15) is 0 Å². The van der Waals surface area contributed by atoms with Crippen molar-refractivity contribution in [2.75, 3.05) is 24.6 Å². The van der Waals surface area contributed by atoms with E-state index in [0.29, 0.717) is 6.04 Å². The van der Waals surface area contributed by atoms with E-state index in [0.717, 1.165) is 31.9 Å². The van der Waals surface area contributed by atoms with Crippen LogP contribution in [0.2, 0.25) is 0 Å². The van der Waals surface area contributed by atoms with Crippen LogP contribution in [0, 0.1) is 5.41 Å². The van der Waals surface area contributed by atoms with Gasteiger partial charge in [0.25, 0.3) is 0 Å². The fraction of sp³-hybridized carbons (Fsp3) is 0.625. The van der Waals surface area contributed by atoms with Crippen molar-refractivity contribution in [3.05, 3.63) is 24.3 Å². The molecule has 1 aromatic carbocycles. The summed E-state index contributed by atoms with van der Waals surface area (Å²) < 4.78 is 5.83. The molecule has 1 fully saturated rings. The zero-order chi connectivity index (χ0) is 13.3. The molecule has 0 amide bonds. The minimum atomic E-state index is 0.247. The fourth-order valence-electron chi connectivity index (χ4n) is 3.45. The molecule has 2 aliphatic rings. The largest absolute Gasteiger partial charge is 0.491 e. The van der Waals surface area contributed by atoms with Crippen molar-refractivity contribution in [3.63, 3.8) is 0 Å². The van der Waals surface area contributed by atoms with Crippen LogP contribution in [0.4, 0.5) is 5.69 Å². The highest BCUT2D eigenvalue weighted by molar-refractivity contribution is 5.59. The van der Waals surface area contributed by atoms with Gasteiger partial charge < -0.3 is 15.4 Å². The maximum atomic E-state index is 6.33. The highest BCUT2D eigenvalue weighted by Gasteiger charge is 2.38. The van der Waals surface area contributed by atoms with Gasteiger partial charge in [-0.15, -0.1) is 0 Å². The van der Waals surface area contributed by atoms with Crippen molar-refractivity contribution in [1.29, 1.82) is 0 Å². The molecule has 0 radical (unpaired) electrons. The molecule has 0 bridgehead atoms. The number of hydrogen-bond acceptors (Lipinski definition) is 3. The molecule has 0 saturated heterocycles. The summed E-state index contributed by atoms with van der Waals surface area (Å²) >= 11 is 0.